The van der Waals surface area contributed by atoms with Crippen LogP contribution in [0.2, 0.25) is 0 Å². The molecule has 0 spiro atoms. The average molecular weight is 523 g/mol. The first-order chi connectivity index (χ1) is 16.8. The highest BCUT2D eigenvalue weighted by atomic mass is 32.1. The summed E-state index contributed by atoms with van der Waals surface area (Å²) in [5.74, 6) is -1.59. The molecule has 2 fully saturated rings. The van der Waals surface area contributed by atoms with Gasteiger partial charge in [0.1, 0.15) is 16.9 Å². The second kappa shape index (κ2) is 11.4. The number of hydrogen-bond donors (Lipinski definition) is 3. The first kappa shape index (κ1) is 28.9. The lowest BCUT2D eigenvalue weighted by atomic mass is 9.73. The van der Waals surface area contributed by atoms with Crippen LogP contribution in [0.15, 0.2) is 11.0 Å². The maximum atomic E-state index is 13.2. The monoisotopic (exact) mass is 522 g/mol. The molecule has 2 saturated heterocycles. The van der Waals surface area contributed by atoms with Crippen LogP contribution in [0.5, 0.6) is 0 Å². The van der Waals surface area contributed by atoms with Gasteiger partial charge in [-0.15, -0.1) is 11.3 Å². The summed E-state index contributed by atoms with van der Waals surface area (Å²) < 4.78 is 11.9. The number of fused-ring (bicyclic) bond motifs is 1. The van der Waals surface area contributed by atoms with Gasteiger partial charge < -0.3 is 25.4 Å². The number of cyclic esters (lactones) is 1. The van der Waals surface area contributed by atoms with E-state index in [0.717, 1.165) is 35.5 Å². The van der Waals surface area contributed by atoms with Gasteiger partial charge in [-0.3, -0.25) is 9.59 Å². The van der Waals surface area contributed by atoms with E-state index in [4.69, 9.17) is 15.2 Å². The van der Waals surface area contributed by atoms with Crippen LogP contribution in [0.25, 0.3) is 6.08 Å². The van der Waals surface area contributed by atoms with Gasteiger partial charge in [0.2, 0.25) is 0 Å². The van der Waals surface area contributed by atoms with Crippen molar-refractivity contribution in [3.05, 3.63) is 21.7 Å². The van der Waals surface area contributed by atoms with Crippen LogP contribution >= 0.6 is 11.3 Å². The van der Waals surface area contributed by atoms with Gasteiger partial charge in [0, 0.05) is 24.3 Å². The van der Waals surface area contributed by atoms with E-state index in [0.29, 0.717) is 13.0 Å². The standard InChI is InChI=1S/C27H42N2O6S/c1-15-8-7-9-27(6)21(35-27)11-19(16(2)10-18-14-36-22(13-28)29-18)34-23(31)12-20(30)26(4,5)25(33)17(3)24(15)32/h10,14-15,17,19-21,24,30,32H,7-9,11-13,28H2,1-6H3/t15-,17+,19?,20-,21?,24-,27+/m0/s1. The van der Waals surface area contributed by atoms with Gasteiger partial charge in [-0.1, -0.05) is 34.1 Å². The van der Waals surface area contributed by atoms with E-state index in [1.54, 1.807) is 20.8 Å². The van der Waals surface area contributed by atoms with E-state index < -0.39 is 35.6 Å². The third kappa shape index (κ3) is 6.61. The Labute approximate surface area is 218 Å². The van der Waals surface area contributed by atoms with E-state index in [9.17, 15) is 19.8 Å². The third-order valence-electron chi connectivity index (χ3n) is 8.03. The predicted octanol–water partition coefficient (Wildman–Crippen LogP) is 3.63. The molecule has 0 aliphatic carbocycles. The summed E-state index contributed by atoms with van der Waals surface area (Å²) in [6.07, 6.45) is 1.80. The molecule has 0 aromatic carbocycles. The fourth-order valence-electron chi connectivity index (χ4n) is 5.11. The highest BCUT2D eigenvalue weighted by Gasteiger charge is 2.53. The van der Waals surface area contributed by atoms with Crippen molar-refractivity contribution in [3.8, 4) is 0 Å². The topological polar surface area (TPSA) is 135 Å². The van der Waals surface area contributed by atoms with Crippen LogP contribution in [0.4, 0.5) is 0 Å². The van der Waals surface area contributed by atoms with Gasteiger partial charge in [-0.05, 0) is 44.3 Å². The van der Waals surface area contributed by atoms with Crippen molar-refractivity contribution in [1.82, 2.24) is 4.98 Å². The number of aromatic nitrogens is 1. The fraction of sp³-hybridized carbons (Fsp3) is 0.741. The molecule has 7 atom stereocenters. The molecule has 3 heterocycles. The first-order valence-corrected chi connectivity index (χ1v) is 13.8. The third-order valence-corrected chi connectivity index (χ3v) is 8.92. The molecule has 2 aliphatic heterocycles. The van der Waals surface area contributed by atoms with Crippen molar-refractivity contribution in [3.63, 3.8) is 0 Å². The van der Waals surface area contributed by atoms with E-state index >= 15 is 0 Å². The molecule has 9 heteroatoms. The van der Waals surface area contributed by atoms with Gasteiger partial charge in [0.15, 0.2) is 0 Å². The second-order valence-corrected chi connectivity index (χ2v) is 12.3. The second-order valence-electron chi connectivity index (χ2n) is 11.3. The summed E-state index contributed by atoms with van der Waals surface area (Å²) in [6, 6.07) is 0. The predicted molar refractivity (Wildman–Crippen MR) is 139 cm³/mol. The molecule has 0 saturated carbocycles. The van der Waals surface area contributed by atoms with Crippen molar-refractivity contribution < 1.29 is 29.3 Å². The summed E-state index contributed by atoms with van der Waals surface area (Å²) in [7, 11) is 0. The van der Waals surface area contributed by atoms with Gasteiger partial charge in [-0.25, -0.2) is 4.98 Å². The zero-order valence-electron chi connectivity index (χ0n) is 22.3. The summed E-state index contributed by atoms with van der Waals surface area (Å²) in [5, 5.41) is 24.5. The number of esters is 1. The number of nitrogens with two attached hydrogens (primary N) is 1. The molecular weight excluding hydrogens is 480 g/mol. The maximum absolute atomic E-state index is 13.2. The molecule has 36 heavy (non-hydrogen) atoms. The minimum absolute atomic E-state index is 0.0660. The fourth-order valence-corrected chi connectivity index (χ4v) is 5.74. The van der Waals surface area contributed by atoms with Gasteiger partial charge in [-0.2, -0.15) is 0 Å². The number of ether oxygens (including phenoxy) is 2. The van der Waals surface area contributed by atoms with Crippen molar-refractivity contribution >= 4 is 29.2 Å². The van der Waals surface area contributed by atoms with E-state index in [2.05, 4.69) is 11.9 Å². The van der Waals surface area contributed by atoms with E-state index in [-0.39, 0.29) is 29.8 Å². The molecule has 0 amide bonds. The Morgan fingerprint density at radius 1 is 1.28 bits per heavy atom. The van der Waals surface area contributed by atoms with Crippen molar-refractivity contribution in [2.24, 2.45) is 23.0 Å². The lowest BCUT2D eigenvalue weighted by molar-refractivity contribution is -0.154. The van der Waals surface area contributed by atoms with Gasteiger partial charge in [0.05, 0.1) is 41.4 Å². The van der Waals surface area contributed by atoms with E-state index in [1.165, 1.54) is 11.3 Å². The largest absolute Gasteiger partial charge is 0.458 e. The molecule has 3 rings (SSSR count). The number of aliphatic hydroxyl groups is 2. The summed E-state index contributed by atoms with van der Waals surface area (Å²) in [5.41, 5.74) is 5.74. The normalized spacial score (nSPS) is 36.8. The van der Waals surface area contributed by atoms with Crippen molar-refractivity contribution in [1.29, 1.82) is 0 Å². The summed E-state index contributed by atoms with van der Waals surface area (Å²) >= 11 is 1.48. The Hall–Kier alpha value is -1.65. The minimum Gasteiger partial charge on any atom is -0.458 e. The molecule has 202 valence electrons. The summed E-state index contributed by atoms with van der Waals surface area (Å²) in [4.78, 5) is 30.7. The zero-order chi connectivity index (χ0) is 26.8. The van der Waals surface area contributed by atoms with Crippen LogP contribution in [-0.4, -0.2) is 57.0 Å². The minimum atomic E-state index is -1.24. The van der Waals surface area contributed by atoms with Gasteiger partial charge >= 0.3 is 5.97 Å². The Bertz CT molecular complexity index is 975. The van der Waals surface area contributed by atoms with E-state index in [1.807, 2.05) is 25.3 Å². The number of epoxide rings is 1. The Morgan fingerprint density at radius 2 is 1.97 bits per heavy atom. The van der Waals surface area contributed by atoms with Crippen LogP contribution in [0.1, 0.15) is 84.3 Å². The number of ketones is 1. The maximum Gasteiger partial charge on any atom is 0.309 e. The molecular formula is C27H42N2O6S. The SMILES string of the molecule is CC(=Cc1csc(CN)n1)C1CC2O[C@]2(C)CCC[C@H](C)[C@H](O)[C@@H](C)C(=O)C(C)(C)[C@@H](O)CC(=O)O1. The molecule has 2 unspecified atom stereocenters. The highest BCUT2D eigenvalue weighted by molar-refractivity contribution is 7.09. The Balaban J connectivity index is 1.85. The lowest BCUT2D eigenvalue weighted by Crippen LogP contribution is -2.45. The molecule has 8 nitrogen and oxygen atoms in total. The van der Waals surface area contributed by atoms with Crippen molar-refractivity contribution in [2.75, 3.05) is 0 Å². The summed E-state index contributed by atoms with van der Waals surface area (Å²) in [6.45, 7) is 11.2. The Kier molecular flexibility index (Phi) is 9.15. The number of rotatable bonds is 3. The zero-order valence-corrected chi connectivity index (χ0v) is 23.1. The highest BCUT2D eigenvalue weighted by Crippen LogP contribution is 2.45. The number of hydrogen-bond acceptors (Lipinski definition) is 9. The smallest absolute Gasteiger partial charge is 0.309 e. The van der Waals surface area contributed by atoms with Crippen LogP contribution in [0, 0.1) is 17.3 Å². The van der Waals surface area contributed by atoms with Crippen molar-refractivity contribution in [2.45, 2.75) is 110 Å². The number of aliphatic hydroxyl groups excluding tert-OH is 2. The van der Waals surface area contributed by atoms with Crippen LogP contribution in [0.3, 0.4) is 0 Å². The van der Waals surface area contributed by atoms with Crippen LogP contribution in [-0.2, 0) is 25.6 Å². The number of carbonyl (C=O) groups excluding carboxylic acids is 2. The molecule has 0 radical (unpaired) electrons. The Morgan fingerprint density at radius 3 is 2.61 bits per heavy atom. The molecule has 0 bridgehead atoms. The molecule has 2 aliphatic rings. The average Bonchev–Trinajstić information content (AvgIpc) is 3.23. The number of thiazole rings is 1. The molecule has 1 aromatic heterocycles. The lowest BCUT2D eigenvalue weighted by Gasteiger charge is -2.34. The number of Topliss-reactive ketones (excluding diaryl/α,β-unsaturated/α-hetero) is 1. The molecule has 1 aromatic rings. The number of carbonyl (C=O) groups is 2. The quantitative estimate of drug-likeness (QED) is 0.405. The van der Waals surface area contributed by atoms with Gasteiger partial charge in [0.25, 0.3) is 0 Å². The number of nitrogens with zero attached hydrogens (tertiary/aromatic N) is 1. The van der Waals surface area contributed by atoms with Crippen LogP contribution < -0.4 is 5.73 Å². The molecule has 4 N–H and O–H groups in total. The first-order valence-electron chi connectivity index (χ1n) is 12.9.